The number of rotatable bonds is 3. The summed E-state index contributed by atoms with van der Waals surface area (Å²) in [4.78, 5) is 22.2. The van der Waals surface area contributed by atoms with Gasteiger partial charge in [0.05, 0.1) is 4.92 Å². The number of H-pyrrole nitrogens is 1. The second-order valence-electron chi connectivity index (χ2n) is 2.22. The number of aliphatic carboxylic acids is 1. The molecule has 68 valence electrons. The van der Waals surface area contributed by atoms with Crippen molar-refractivity contribution >= 4 is 12.0 Å². The molecule has 13 heavy (non-hydrogen) atoms. The first kappa shape index (κ1) is 8.98. The van der Waals surface area contributed by atoms with Crippen LogP contribution in [0.5, 0.6) is 0 Å². The average molecular weight is 182 g/mol. The van der Waals surface area contributed by atoms with Crippen LogP contribution in [0.2, 0.25) is 0 Å². The molecule has 0 aromatic carbocycles. The molecule has 0 fully saturated rings. The average Bonchev–Trinajstić information content (AvgIpc) is 2.50. The number of carbonyl (C=O) groups is 1. The van der Waals surface area contributed by atoms with Crippen molar-refractivity contribution in [2.45, 2.75) is 0 Å². The monoisotopic (exact) mass is 182 g/mol. The molecule has 2 N–H and O–H groups in total. The van der Waals surface area contributed by atoms with Gasteiger partial charge in [-0.3, -0.25) is 10.1 Å². The largest absolute Gasteiger partial charge is 0.473 e. The van der Waals surface area contributed by atoms with Crippen LogP contribution in [0.4, 0.5) is 0 Å². The van der Waals surface area contributed by atoms with Crippen LogP contribution in [-0.2, 0) is 4.79 Å². The summed E-state index contributed by atoms with van der Waals surface area (Å²) in [6, 6.07) is 3.15. The Balaban J connectivity index is 3.01. The Morgan fingerprint density at radius 2 is 2.38 bits per heavy atom. The molecule has 0 aliphatic carbocycles. The molecule has 6 heteroatoms. The van der Waals surface area contributed by atoms with Gasteiger partial charge in [-0.15, -0.1) is 0 Å². The van der Waals surface area contributed by atoms with Gasteiger partial charge >= 0.3 is 11.7 Å². The summed E-state index contributed by atoms with van der Waals surface area (Å²) < 4.78 is 0. The van der Waals surface area contributed by atoms with E-state index < -0.39 is 16.6 Å². The molecule has 0 saturated heterocycles. The van der Waals surface area contributed by atoms with Crippen LogP contribution in [0.3, 0.4) is 0 Å². The van der Waals surface area contributed by atoms with E-state index in [0.717, 1.165) is 6.08 Å². The summed E-state index contributed by atoms with van der Waals surface area (Å²) in [5, 5.41) is 18.6. The summed E-state index contributed by atoms with van der Waals surface area (Å²) in [7, 11) is 0. The van der Waals surface area contributed by atoms with Gasteiger partial charge in [0.15, 0.2) is 0 Å². The Kier molecular flexibility index (Phi) is 2.44. The molecule has 0 spiro atoms. The lowest BCUT2D eigenvalue weighted by atomic mass is 10.3. The molecule has 0 atom stereocenters. The molecule has 1 aromatic rings. The first-order valence-corrected chi connectivity index (χ1v) is 3.34. The predicted octanol–water partition coefficient (Wildman–Crippen LogP) is 0.717. The molecule has 0 radical (unpaired) electrons. The number of hydrogen-bond donors (Lipinski definition) is 2. The van der Waals surface area contributed by atoms with Gasteiger partial charge in [0.25, 0.3) is 0 Å². The number of carboxylic acid groups (broad SMARTS) is 1. The van der Waals surface area contributed by atoms with E-state index in [1.54, 1.807) is 12.3 Å². The van der Waals surface area contributed by atoms with Crippen LogP contribution < -0.4 is 0 Å². The summed E-state index contributed by atoms with van der Waals surface area (Å²) >= 11 is 0. The number of nitro groups is 1. The molecule has 1 rings (SSSR count). The quantitative estimate of drug-likeness (QED) is 0.408. The molecule has 1 heterocycles. The van der Waals surface area contributed by atoms with E-state index in [9.17, 15) is 14.9 Å². The van der Waals surface area contributed by atoms with Crippen LogP contribution in [0, 0.1) is 10.1 Å². The Morgan fingerprint density at radius 1 is 1.69 bits per heavy atom. The molecular formula is C7H6N2O4. The van der Waals surface area contributed by atoms with Gasteiger partial charge < -0.3 is 10.1 Å². The smallest absolute Gasteiger partial charge is 0.407 e. The number of nitrogens with zero attached hydrogens (tertiary/aromatic N) is 1. The van der Waals surface area contributed by atoms with Crippen LogP contribution in [0.15, 0.2) is 24.0 Å². The number of aromatic amines is 1. The molecule has 0 aliphatic heterocycles. The number of hydrogen-bond acceptors (Lipinski definition) is 3. The van der Waals surface area contributed by atoms with Gasteiger partial charge in [0.2, 0.25) is 0 Å². The molecular weight excluding hydrogens is 176 g/mol. The van der Waals surface area contributed by atoms with E-state index in [1.165, 1.54) is 6.07 Å². The van der Waals surface area contributed by atoms with Crippen LogP contribution in [0.1, 0.15) is 5.69 Å². The normalized spacial score (nSPS) is 11.2. The SMILES string of the molecule is O=C(O)/C(=C\c1ccc[nH]1)[N+](=O)[O-]. The Morgan fingerprint density at radius 3 is 2.77 bits per heavy atom. The van der Waals surface area contributed by atoms with E-state index in [2.05, 4.69) is 4.98 Å². The van der Waals surface area contributed by atoms with Gasteiger partial charge in [-0.2, -0.15) is 0 Å². The third-order valence-corrected chi connectivity index (χ3v) is 1.33. The highest BCUT2D eigenvalue weighted by Gasteiger charge is 2.20. The number of nitrogens with one attached hydrogen (secondary N) is 1. The first-order chi connectivity index (χ1) is 6.11. The molecule has 1 aromatic heterocycles. The first-order valence-electron chi connectivity index (χ1n) is 3.34. The summed E-state index contributed by atoms with van der Waals surface area (Å²) in [5.41, 5.74) is -0.475. The van der Waals surface area contributed by atoms with E-state index in [1.807, 2.05) is 0 Å². The zero-order valence-electron chi connectivity index (χ0n) is 6.43. The minimum atomic E-state index is -1.56. The molecule has 0 unspecified atom stereocenters. The van der Waals surface area contributed by atoms with E-state index in [-0.39, 0.29) is 0 Å². The van der Waals surface area contributed by atoms with Crippen molar-refractivity contribution in [1.29, 1.82) is 0 Å². The van der Waals surface area contributed by atoms with E-state index >= 15 is 0 Å². The second-order valence-corrected chi connectivity index (χ2v) is 2.22. The van der Waals surface area contributed by atoms with Gasteiger partial charge in [0.1, 0.15) is 0 Å². The summed E-state index contributed by atoms with van der Waals surface area (Å²) in [6.07, 6.45) is 2.51. The Hall–Kier alpha value is -2.11. The Labute approximate surface area is 72.7 Å². The number of aromatic nitrogens is 1. The topological polar surface area (TPSA) is 96.2 Å². The highest BCUT2D eigenvalue weighted by atomic mass is 16.6. The van der Waals surface area contributed by atoms with Crippen LogP contribution in [-0.4, -0.2) is 21.0 Å². The fourth-order valence-corrected chi connectivity index (χ4v) is 0.774. The number of carboxylic acids is 1. The predicted molar refractivity (Wildman–Crippen MR) is 43.4 cm³/mol. The van der Waals surface area contributed by atoms with Crippen LogP contribution in [0.25, 0.3) is 6.08 Å². The zero-order valence-corrected chi connectivity index (χ0v) is 6.43. The molecule has 6 nitrogen and oxygen atoms in total. The van der Waals surface area contributed by atoms with Crippen molar-refractivity contribution in [2.75, 3.05) is 0 Å². The van der Waals surface area contributed by atoms with Crippen molar-refractivity contribution in [3.05, 3.63) is 39.8 Å². The highest BCUT2D eigenvalue weighted by molar-refractivity contribution is 5.88. The maximum Gasteiger partial charge on any atom is 0.407 e. The minimum Gasteiger partial charge on any atom is -0.473 e. The Bertz CT molecular complexity index is 337. The van der Waals surface area contributed by atoms with Crippen molar-refractivity contribution < 1.29 is 14.8 Å². The maximum absolute atomic E-state index is 10.3. The maximum atomic E-state index is 10.3. The van der Waals surface area contributed by atoms with Gasteiger partial charge in [-0.25, -0.2) is 4.79 Å². The van der Waals surface area contributed by atoms with E-state index in [4.69, 9.17) is 5.11 Å². The third-order valence-electron chi connectivity index (χ3n) is 1.33. The lowest BCUT2D eigenvalue weighted by Gasteiger charge is -1.89. The fourth-order valence-electron chi connectivity index (χ4n) is 0.774. The molecule has 0 amide bonds. The van der Waals surface area contributed by atoms with Crippen molar-refractivity contribution in [3.8, 4) is 0 Å². The molecule has 0 bridgehead atoms. The third kappa shape index (κ3) is 2.16. The van der Waals surface area contributed by atoms with Gasteiger partial charge in [0, 0.05) is 18.0 Å². The molecule has 0 saturated carbocycles. The lowest BCUT2D eigenvalue weighted by molar-refractivity contribution is -0.419. The zero-order chi connectivity index (χ0) is 9.84. The standard InChI is InChI=1S/C7H6N2O4/c10-7(11)6(9(12)13)4-5-2-1-3-8-5/h1-4,8H,(H,10,11)/b6-4+. The summed E-state index contributed by atoms with van der Waals surface area (Å²) in [6.45, 7) is 0. The van der Waals surface area contributed by atoms with Crippen LogP contribution >= 0.6 is 0 Å². The highest BCUT2D eigenvalue weighted by Crippen LogP contribution is 2.04. The lowest BCUT2D eigenvalue weighted by Crippen LogP contribution is -2.09. The second kappa shape index (κ2) is 3.53. The molecule has 0 aliphatic rings. The van der Waals surface area contributed by atoms with Gasteiger partial charge in [-0.1, -0.05) is 0 Å². The van der Waals surface area contributed by atoms with E-state index in [0.29, 0.717) is 5.69 Å². The fraction of sp³-hybridized carbons (Fsp3) is 0. The van der Waals surface area contributed by atoms with Crippen molar-refractivity contribution in [1.82, 2.24) is 4.98 Å². The van der Waals surface area contributed by atoms with Gasteiger partial charge in [-0.05, 0) is 12.1 Å². The summed E-state index contributed by atoms with van der Waals surface area (Å²) in [5.74, 6) is -1.56. The minimum absolute atomic E-state index is 0.383. The van der Waals surface area contributed by atoms with Crippen molar-refractivity contribution in [3.63, 3.8) is 0 Å². The van der Waals surface area contributed by atoms with Crippen molar-refractivity contribution in [2.24, 2.45) is 0 Å².